The van der Waals surface area contributed by atoms with Crippen molar-refractivity contribution < 1.29 is 18.0 Å². The molecule has 0 heterocycles. The fourth-order valence-corrected chi connectivity index (χ4v) is 2.11. The first-order valence-electron chi connectivity index (χ1n) is 5.60. The van der Waals surface area contributed by atoms with E-state index in [1.807, 2.05) is 0 Å². The molecule has 0 spiro atoms. The first kappa shape index (κ1) is 14.6. The van der Waals surface area contributed by atoms with E-state index in [9.17, 15) is 18.0 Å². The summed E-state index contributed by atoms with van der Waals surface area (Å²) in [7, 11) is 0. The van der Waals surface area contributed by atoms with Crippen molar-refractivity contribution >= 4 is 27.5 Å². The van der Waals surface area contributed by atoms with E-state index in [0.717, 1.165) is 18.2 Å². The maximum Gasteiger partial charge on any atom is 0.261 e. The molecule has 20 heavy (non-hydrogen) atoms. The van der Waals surface area contributed by atoms with E-state index in [1.165, 1.54) is 12.1 Å². The van der Waals surface area contributed by atoms with Gasteiger partial charge in [-0.05, 0) is 42.8 Å². The molecule has 2 nitrogen and oxygen atoms in total. The third-order valence-corrected chi connectivity index (χ3v) is 3.13. The van der Waals surface area contributed by atoms with Crippen LogP contribution in [0.3, 0.4) is 0 Å². The molecule has 0 aliphatic rings. The number of benzene rings is 2. The van der Waals surface area contributed by atoms with Gasteiger partial charge in [-0.3, -0.25) is 4.79 Å². The van der Waals surface area contributed by atoms with Crippen molar-refractivity contribution in [2.45, 2.75) is 6.92 Å². The van der Waals surface area contributed by atoms with Gasteiger partial charge >= 0.3 is 0 Å². The van der Waals surface area contributed by atoms with Crippen molar-refractivity contribution in [1.29, 1.82) is 0 Å². The molecular formula is C14H9BrF3NO. The fraction of sp³-hybridized carbons (Fsp3) is 0.0714. The number of rotatable bonds is 2. The molecule has 6 heteroatoms. The lowest BCUT2D eigenvalue weighted by molar-refractivity contribution is 0.101. The molecule has 0 fully saturated rings. The molecule has 2 aromatic carbocycles. The molecule has 1 N–H and O–H groups in total. The van der Waals surface area contributed by atoms with Gasteiger partial charge in [-0.15, -0.1) is 0 Å². The number of amides is 1. The molecule has 2 rings (SSSR count). The maximum atomic E-state index is 13.6. The van der Waals surface area contributed by atoms with Crippen molar-refractivity contribution in [3.63, 3.8) is 0 Å². The van der Waals surface area contributed by atoms with Crippen LogP contribution in [0.25, 0.3) is 0 Å². The molecule has 0 saturated heterocycles. The molecule has 0 unspecified atom stereocenters. The molecule has 0 aliphatic heterocycles. The minimum Gasteiger partial charge on any atom is -0.322 e. The SMILES string of the molecule is Cc1cc(F)ccc1NC(=O)c1c(F)cc(Br)cc1F. The first-order valence-corrected chi connectivity index (χ1v) is 6.40. The molecule has 0 saturated carbocycles. The number of anilines is 1. The molecule has 0 aliphatic carbocycles. The van der Waals surface area contributed by atoms with Crippen LogP contribution in [0, 0.1) is 24.4 Å². The Morgan fingerprint density at radius 1 is 1.10 bits per heavy atom. The highest BCUT2D eigenvalue weighted by atomic mass is 79.9. The van der Waals surface area contributed by atoms with Crippen LogP contribution in [-0.4, -0.2) is 5.91 Å². The highest BCUT2D eigenvalue weighted by molar-refractivity contribution is 9.10. The Morgan fingerprint density at radius 2 is 1.70 bits per heavy atom. The van der Waals surface area contributed by atoms with Gasteiger partial charge in [0.2, 0.25) is 0 Å². The summed E-state index contributed by atoms with van der Waals surface area (Å²) in [6, 6.07) is 5.68. The van der Waals surface area contributed by atoms with Crippen LogP contribution in [0.5, 0.6) is 0 Å². The Labute approximate surface area is 121 Å². The number of carbonyl (C=O) groups excluding carboxylic acids is 1. The van der Waals surface area contributed by atoms with Crippen molar-refractivity contribution in [1.82, 2.24) is 0 Å². The number of halogens is 4. The number of aryl methyl sites for hydroxylation is 1. The van der Waals surface area contributed by atoms with Crippen LogP contribution in [0.2, 0.25) is 0 Å². The number of hydrogen-bond acceptors (Lipinski definition) is 1. The Hall–Kier alpha value is -1.82. The van der Waals surface area contributed by atoms with Gasteiger partial charge in [0.05, 0.1) is 0 Å². The second-order valence-electron chi connectivity index (χ2n) is 4.16. The average Bonchev–Trinajstić information content (AvgIpc) is 2.31. The van der Waals surface area contributed by atoms with Crippen LogP contribution in [0.15, 0.2) is 34.8 Å². The highest BCUT2D eigenvalue weighted by Crippen LogP contribution is 2.22. The zero-order valence-electron chi connectivity index (χ0n) is 10.3. The van der Waals surface area contributed by atoms with Crippen LogP contribution in [0.4, 0.5) is 18.9 Å². The zero-order chi connectivity index (χ0) is 14.9. The predicted octanol–water partition coefficient (Wildman–Crippen LogP) is 4.43. The summed E-state index contributed by atoms with van der Waals surface area (Å²) in [6.45, 7) is 1.58. The van der Waals surface area contributed by atoms with E-state index < -0.39 is 28.9 Å². The summed E-state index contributed by atoms with van der Waals surface area (Å²) in [4.78, 5) is 11.9. The number of nitrogens with one attached hydrogen (secondary N) is 1. The topological polar surface area (TPSA) is 29.1 Å². The van der Waals surface area contributed by atoms with Crippen molar-refractivity contribution in [2.75, 3.05) is 5.32 Å². The van der Waals surface area contributed by atoms with Crippen molar-refractivity contribution in [2.24, 2.45) is 0 Å². The molecule has 2 aromatic rings. The van der Waals surface area contributed by atoms with Gasteiger partial charge in [-0.2, -0.15) is 0 Å². The van der Waals surface area contributed by atoms with E-state index >= 15 is 0 Å². The van der Waals surface area contributed by atoms with E-state index in [2.05, 4.69) is 21.2 Å². The van der Waals surface area contributed by atoms with Crippen LogP contribution in [-0.2, 0) is 0 Å². The summed E-state index contributed by atoms with van der Waals surface area (Å²) in [5.74, 6) is -3.34. The summed E-state index contributed by atoms with van der Waals surface area (Å²) >= 11 is 2.93. The van der Waals surface area contributed by atoms with Crippen molar-refractivity contribution in [3.8, 4) is 0 Å². The van der Waals surface area contributed by atoms with E-state index in [0.29, 0.717) is 5.56 Å². The average molecular weight is 344 g/mol. The molecule has 0 radical (unpaired) electrons. The lowest BCUT2D eigenvalue weighted by atomic mass is 10.1. The van der Waals surface area contributed by atoms with E-state index in [-0.39, 0.29) is 10.2 Å². The number of carbonyl (C=O) groups is 1. The maximum absolute atomic E-state index is 13.6. The van der Waals surface area contributed by atoms with E-state index in [4.69, 9.17) is 0 Å². The summed E-state index contributed by atoms with van der Waals surface area (Å²) in [6.07, 6.45) is 0. The van der Waals surface area contributed by atoms with Crippen LogP contribution in [0.1, 0.15) is 15.9 Å². The monoisotopic (exact) mass is 343 g/mol. The predicted molar refractivity (Wildman–Crippen MR) is 73.1 cm³/mol. The van der Waals surface area contributed by atoms with Gasteiger partial charge in [0, 0.05) is 10.2 Å². The lowest BCUT2D eigenvalue weighted by Crippen LogP contribution is -2.16. The van der Waals surface area contributed by atoms with Gasteiger partial charge in [-0.25, -0.2) is 13.2 Å². The quantitative estimate of drug-likeness (QED) is 0.858. The molecule has 0 bridgehead atoms. The Morgan fingerprint density at radius 3 is 2.25 bits per heavy atom. The van der Waals surface area contributed by atoms with Crippen LogP contribution >= 0.6 is 15.9 Å². The molecule has 104 valence electrons. The van der Waals surface area contributed by atoms with Crippen LogP contribution < -0.4 is 5.32 Å². The zero-order valence-corrected chi connectivity index (χ0v) is 11.9. The highest BCUT2D eigenvalue weighted by Gasteiger charge is 2.19. The molecule has 0 atom stereocenters. The van der Waals surface area contributed by atoms with E-state index in [1.54, 1.807) is 6.92 Å². The normalized spacial score (nSPS) is 10.4. The Kier molecular flexibility index (Phi) is 4.13. The second-order valence-corrected chi connectivity index (χ2v) is 5.07. The molecular weight excluding hydrogens is 335 g/mol. The third kappa shape index (κ3) is 3.01. The minimum absolute atomic E-state index is 0.196. The Bertz CT molecular complexity index is 665. The molecule has 0 aromatic heterocycles. The summed E-state index contributed by atoms with van der Waals surface area (Å²) in [5.41, 5.74) is 0.0614. The number of hydrogen-bond donors (Lipinski definition) is 1. The minimum atomic E-state index is -0.978. The second kappa shape index (κ2) is 5.66. The first-order chi connectivity index (χ1) is 9.38. The molecule has 1 amide bonds. The smallest absolute Gasteiger partial charge is 0.261 e. The van der Waals surface area contributed by atoms with Crippen molar-refractivity contribution in [3.05, 3.63) is 63.4 Å². The lowest BCUT2D eigenvalue weighted by Gasteiger charge is -2.10. The standard InChI is InChI=1S/C14H9BrF3NO/c1-7-4-9(16)2-3-12(7)19-14(20)13-10(17)5-8(15)6-11(13)18/h2-6H,1H3,(H,19,20). The van der Waals surface area contributed by atoms with Gasteiger partial charge < -0.3 is 5.32 Å². The Balaban J connectivity index is 2.33. The van der Waals surface area contributed by atoms with Gasteiger partial charge in [0.1, 0.15) is 23.0 Å². The summed E-state index contributed by atoms with van der Waals surface area (Å²) in [5, 5.41) is 2.35. The van der Waals surface area contributed by atoms with Gasteiger partial charge in [0.25, 0.3) is 5.91 Å². The fourth-order valence-electron chi connectivity index (χ4n) is 1.71. The largest absolute Gasteiger partial charge is 0.322 e. The van der Waals surface area contributed by atoms with Gasteiger partial charge in [-0.1, -0.05) is 15.9 Å². The van der Waals surface area contributed by atoms with Gasteiger partial charge in [0.15, 0.2) is 0 Å². The summed E-state index contributed by atoms with van der Waals surface area (Å²) < 4.78 is 40.4. The third-order valence-electron chi connectivity index (χ3n) is 2.67.